The van der Waals surface area contributed by atoms with Crippen LogP contribution in [0, 0.1) is 0 Å². The van der Waals surface area contributed by atoms with Crippen molar-refractivity contribution < 1.29 is 8.78 Å². The SMILES string of the molecule is Cn1cc2cc(Br)cc(C(F)F)c2n1. The third-order valence-electron chi connectivity index (χ3n) is 1.95. The predicted molar refractivity (Wildman–Crippen MR) is 53.4 cm³/mol. The molecule has 2 aromatic rings. The summed E-state index contributed by atoms with van der Waals surface area (Å²) in [5.41, 5.74) is 0.334. The van der Waals surface area contributed by atoms with Gasteiger partial charge in [-0.15, -0.1) is 0 Å². The van der Waals surface area contributed by atoms with Crippen molar-refractivity contribution in [3.63, 3.8) is 0 Å². The molecule has 0 bridgehead atoms. The van der Waals surface area contributed by atoms with Crippen molar-refractivity contribution in [2.45, 2.75) is 6.43 Å². The highest BCUT2D eigenvalue weighted by atomic mass is 79.9. The summed E-state index contributed by atoms with van der Waals surface area (Å²) in [4.78, 5) is 0. The molecule has 14 heavy (non-hydrogen) atoms. The Morgan fingerprint density at radius 1 is 1.43 bits per heavy atom. The first-order valence-corrected chi connectivity index (χ1v) is 4.78. The number of alkyl halides is 2. The highest BCUT2D eigenvalue weighted by Crippen LogP contribution is 2.30. The van der Waals surface area contributed by atoms with E-state index in [9.17, 15) is 8.78 Å². The van der Waals surface area contributed by atoms with Crippen LogP contribution in [-0.4, -0.2) is 9.78 Å². The molecule has 74 valence electrons. The standard InChI is InChI=1S/C9H7BrF2N2/c1-14-4-5-2-6(10)3-7(9(11)12)8(5)13-14/h2-4,9H,1H3. The zero-order valence-electron chi connectivity index (χ0n) is 7.34. The fraction of sp³-hybridized carbons (Fsp3) is 0.222. The average molecular weight is 261 g/mol. The van der Waals surface area contributed by atoms with Crippen LogP contribution in [0.25, 0.3) is 10.9 Å². The summed E-state index contributed by atoms with van der Waals surface area (Å²) < 4.78 is 27.4. The fourth-order valence-electron chi connectivity index (χ4n) is 1.41. The number of aryl methyl sites for hydroxylation is 1. The fourth-order valence-corrected chi connectivity index (χ4v) is 1.90. The van der Waals surface area contributed by atoms with Crippen molar-refractivity contribution in [2.24, 2.45) is 7.05 Å². The summed E-state index contributed by atoms with van der Waals surface area (Å²) in [6.45, 7) is 0. The van der Waals surface area contributed by atoms with Gasteiger partial charge in [-0.25, -0.2) is 8.78 Å². The maximum atomic E-state index is 12.6. The molecule has 0 fully saturated rings. The van der Waals surface area contributed by atoms with E-state index in [1.54, 1.807) is 19.3 Å². The second kappa shape index (κ2) is 3.31. The van der Waals surface area contributed by atoms with Gasteiger partial charge in [0, 0.05) is 28.7 Å². The van der Waals surface area contributed by atoms with Gasteiger partial charge in [0.2, 0.25) is 0 Å². The summed E-state index contributed by atoms with van der Waals surface area (Å²) in [7, 11) is 1.71. The minimum Gasteiger partial charge on any atom is -0.275 e. The Morgan fingerprint density at radius 3 is 2.79 bits per heavy atom. The van der Waals surface area contributed by atoms with Crippen LogP contribution < -0.4 is 0 Å². The quantitative estimate of drug-likeness (QED) is 0.770. The molecule has 0 radical (unpaired) electrons. The molecule has 0 aliphatic heterocycles. The van der Waals surface area contributed by atoms with E-state index in [0.29, 0.717) is 9.99 Å². The molecule has 0 aliphatic carbocycles. The van der Waals surface area contributed by atoms with E-state index in [4.69, 9.17) is 0 Å². The molecule has 0 amide bonds. The van der Waals surface area contributed by atoms with E-state index in [0.717, 1.165) is 5.39 Å². The molecule has 2 nitrogen and oxygen atoms in total. The second-order valence-corrected chi connectivity index (χ2v) is 3.95. The predicted octanol–water partition coefficient (Wildman–Crippen LogP) is 3.27. The average Bonchev–Trinajstić information content (AvgIpc) is 2.42. The van der Waals surface area contributed by atoms with E-state index >= 15 is 0 Å². The van der Waals surface area contributed by atoms with Crippen LogP contribution in [0.1, 0.15) is 12.0 Å². The monoisotopic (exact) mass is 260 g/mol. The first kappa shape index (κ1) is 9.58. The van der Waals surface area contributed by atoms with Gasteiger partial charge < -0.3 is 0 Å². The lowest BCUT2D eigenvalue weighted by Gasteiger charge is -2.00. The molecule has 0 aliphatic rings. The van der Waals surface area contributed by atoms with Crippen LogP contribution >= 0.6 is 15.9 Å². The Bertz CT molecular complexity index is 479. The molecule has 0 N–H and O–H groups in total. The number of aromatic nitrogens is 2. The maximum Gasteiger partial charge on any atom is 0.266 e. The van der Waals surface area contributed by atoms with E-state index in [1.807, 2.05) is 0 Å². The largest absolute Gasteiger partial charge is 0.275 e. The van der Waals surface area contributed by atoms with Gasteiger partial charge >= 0.3 is 0 Å². The molecular weight excluding hydrogens is 254 g/mol. The number of nitrogens with zero attached hydrogens (tertiary/aromatic N) is 2. The van der Waals surface area contributed by atoms with Crippen molar-refractivity contribution in [2.75, 3.05) is 0 Å². The van der Waals surface area contributed by atoms with Crippen LogP contribution in [0.5, 0.6) is 0 Å². The topological polar surface area (TPSA) is 17.8 Å². The minimum atomic E-state index is -2.50. The first-order chi connectivity index (χ1) is 6.58. The lowest BCUT2D eigenvalue weighted by molar-refractivity contribution is 0.153. The summed E-state index contributed by atoms with van der Waals surface area (Å²) in [5.74, 6) is 0. The Hall–Kier alpha value is -0.970. The molecular formula is C9H7BrF2N2. The van der Waals surface area contributed by atoms with Crippen molar-refractivity contribution in [3.05, 3.63) is 28.4 Å². The molecule has 1 aromatic carbocycles. The highest BCUT2D eigenvalue weighted by molar-refractivity contribution is 9.10. The molecule has 2 rings (SSSR count). The molecule has 0 saturated carbocycles. The number of benzene rings is 1. The third-order valence-corrected chi connectivity index (χ3v) is 2.41. The van der Waals surface area contributed by atoms with Crippen molar-refractivity contribution in [1.29, 1.82) is 0 Å². The van der Waals surface area contributed by atoms with Crippen molar-refractivity contribution >= 4 is 26.8 Å². The Morgan fingerprint density at radius 2 is 2.14 bits per heavy atom. The highest BCUT2D eigenvalue weighted by Gasteiger charge is 2.14. The Kier molecular flexibility index (Phi) is 2.26. The third kappa shape index (κ3) is 1.52. The van der Waals surface area contributed by atoms with Crippen molar-refractivity contribution in [1.82, 2.24) is 9.78 Å². The van der Waals surface area contributed by atoms with Gasteiger partial charge in [-0.1, -0.05) is 15.9 Å². The van der Waals surface area contributed by atoms with E-state index in [2.05, 4.69) is 21.0 Å². The number of rotatable bonds is 1. The normalized spacial score (nSPS) is 11.5. The maximum absolute atomic E-state index is 12.6. The van der Waals surface area contributed by atoms with Gasteiger partial charge in [-0.2, -0.15) is 5.10 Å². The Balaban J connectivity index is 2.79. The zero-order valence-corrected chi connectivity index (χ0v) is 8.92. The smallest absolute Gasteiger partial charge is 0.266 e. The molecule has 1 heterocycles. The van der Waals surface area contributed by atoms with Crippen LogP contribution in [0.4, 0.5) is 8.78 Å². The second-order valence-electron chi connectivity index (χ2n) is 3.04. The van der Waals surface area contributed by atoms with Gasteiger partial charge in [0.05, 0.1) is 0 Å². The molecule has 0 saturated heterocycles. The summed E-state index contributed by atoms with van der Waals surface area (Å²) in [5, 5.41) is 4.71. The minimum absolute atomic E-state index is 0.0324. The number of fused-ring (bicyclic) bond motifs is 1. The molecule has 1 aromatic heterocycles. The zero-order chi connectivity index (χ0) is 10.3. The van der Waals surface area contributed by atoms with Gasteiger partial charge in [0.25, 0.3) is 6.43 Å². The van der Waals surface area contributed by atoms with Gasteiger partial charge in [-0.3, -0.25) is 4.68 Å². The van der Waals surface area contributed by atoms with Gasteiger partial charge in [0.15, 0.2) is 0 Å². The lowest BCUT2D eigenvalue weighted by Crippen LogP contribution is -1.89. The van der Waals surface area contributed by atoms with E-state index in [-0.39, 0.29) is 5.56 Å². The first-order valence-electron chi connectivity index (χ1n) is 3.99. The lowest BCUT2D eigenvalue weighted by atomic mass is 10.1. The van der Waals surface area contributed by atoms with Crippen molar-refractivity contribution in [3.8, 4) is 0 Å². The number of hydrogen-bond donors (Lipinski definition) is 0. The van der Waals surface area contributed by atoms with E-state index in [1.165, 1.54) is 10.7 Å². The molecule has 0 atom stereocenters. The number of halogens is 3. The van der Waals surface area contributed by atoms with Crippen LogP contribution in [0.3, 0.4) is 0 Å². The molecule has 5 heteroatoms. The number of hydrogen-bond acceptors (Lipinski definition) is 1. The van der Waals surface area contributed by atoms with Crippen LogP contribution in [-0.2, 0) is 7.05 Å². The summed E-state index contributed by atoms with van der Waals surface area (Å²) in [6, 6.07) is 3.17. The molecule has 0 unspecified atom stereocenters. The summed E-state index contributed by atoms with van der Waals surface area (Å²) >= 11 is 3.19. The van der Waals surface area contributed by atoms with E-state index < -0.39 is 6.43 Å². The van der Waals surface area contributed by atoms with Crippen LogP contribution in [0.15, 0.2) is 22.8 Å². The van der Waals surface area contributed by atoms with Gasteiger partial charge in [0.1, 0.15) is 5.52 Å². The van der Waals surface area contributed by atoms with Gasteiger partial charge in [-0.05, 0) is 12.1 Å². The Labute approximate surface area is 87.6 Å². The molecule has 0 spiro atoms. The summed E-state index contributed by atoms with van der Waals surface area (Å²) in [6.07, 6.45) is -0.781. The van der Waals surface area contributed by atoms with Crippen LogP contribution in [0.2, 0.25) is 0 Å².